The van der Waals surface area contributed by atoms with Crippen LogP contribution in [0.15, 0.2) is 30.3 Å². The van der Waals surface area contributed by atoms with Crippen LogP contribution in [0.25, 0.3) is 5.76 Å². The predicted octanol–water partition coefficient (Wildman–Crippen LogP) is 5.01. The molecule has 12 heteroatoms. The van der Waals surface area contributed by atoms with Crippen molar-refractivity contribution in [2.45, 2.75) is 24.2 Å². The minimum atomic E-state index is -6.75. The zero-order valence-electron chi connectivity index (χ0n) is 11.5. The van der Waals surface area contributed by atoms with Crippen LogP contribution in [-0.4, -0.2) is 28.9 Å². The maximum absolute atomic E-state index is 13.1. The minimum Gasteiger partial charge on any atom is -0.507 e. The van der Waals surface area contributed by atoms with Gasteiger partial charge in [-0.2, -0.15) is 43.9 Å². The average Bonchev–Trinajstić information content (AvgIpc) is 2.44. The van der Waals surface area contributed by atoms with Crippen molar-refractivity contribution in [1.29, 1.82) is 0 Å². The fourth-order valence-corrected chi connectivity index (χ4v) is 1.46. The summed E-state index contributed by atoms with van der Waals surface area (Å²) in [5.74, 6) is -17.5. The molecule has 1 N–H and O–H groups in total. The Hall–Kier alpha value is -2.27. The molecule has 0 aromatic heterocycles. The lowest BCUT2D eigenvalue weighted by Crippen LogP contribution is -2.55. The van der Waals surface area contributed by atoms with E-state index in [1.807, 2.05) is 0 Å². The zero-order valence-corrected chi connectivity index (χ0v) is 11.5. The lowest BCUT2D eigenvalue weighted by Gasteiger charge is -2.26. The topological polar surface area (TPSA) is 37.3 Å². The van der Waals surface area contributed by atoms with Gasteiger partial charge < -0.3 is 5.11 Å². The van der Waals surface area contributed by atoms with E-state index in [2.05, 4.69) is 0 Å². The fraction of sp³-hybridized carbons (Fsp3) is 0.308. The molecule has 1 aromatic carbocycles. The molecule has 0 aliphatic heterocycles. The van der Waals surface area contributed by atoms with Crippen molar-refractivity contribution in [2.24, 2.45) is 0 Å². The van der Waals surface area contributed by atoms with Crippen LogP contribution >= 0.6 is 0 Å². The Kier molecular flexibility index (Phi) is 5.17. The minimum absolute atomic E-state index is 0.367. The molecule has 2 nitrogen and oxygen atoms in total. The largest absolute Gasteiger partial charge is 0.507 e. The van der Waals surface area contributed by atoms with Gasteiger partial charge >= 0.3 is 24.2 Å². The van der Waals surface area contributed by atoms with Crippen LogP contribution in [0.5, 0.6) is 0 Å². The maximum Gasteiger partial charge on any atom is 0.460 e. The Balaban J connectivity index is 3.15. The van der Waals surface area contributed by atoms with Crippen LogP contribution in [-0.2, 0) is 11.0 Å². The van der Waals surface area contributed by atoms with Crippen molar-refractivity contribution in [3.05, 3.63) is 41.5 Å². The number of alkyl halides is 10. The number of rotatable bonds is 4. The highest BCUT2D eigenvalue weighted by molar-refractivity contribution is 6.01. The molecule has 25 heavy (non-hydrogen) atoms. The van der Waals surface area contributed by atoms with Gasteiger partial charge in [-0.15, -0.1) is 0 Å². The third kappa shape index (κ3) is 4.04. The average molecular weight is 384 g/mol. The highest BCUT2D eigenvalue weighted by Crippen LogP contribution is 2.47. The molecule has 0 aliphatic rings. The highest BCUT2D eigenvalue weighted by atomic mass is 19.4. The van der Waals surface area contributed by atoms with E-state index in [1.165, 1.54) is 0 Å². The quantitative estimate of drug-likeness (QED) is 0.450. The molecular weight excluding hydrogens is 378 g/mol. The number of halogens is 10. The number of carbonyl (C=O) groups is 1. The van der Waals surface area contributed by atoms with Crippen molar-refractivity contribution < 1.29 is 53.8 Å². The van der Waals surface area contributed by atoms with Gasteiger partial charge in [-0.05, 0) is 12.1 Å². The Morgan fingerprint density at radius 3 is 1.64 bits per heavy atom. The van der Waals surface area contributed by atoms with Crippen LogP contribution in [0.4, 0.5) is 43.9 Å². The second-order valence-electron chi connectivity index (χ2n) is 4.62. The normalized spacial score (nSPS) is 14.6. The number of hydrogen-bond donors (Lipinski definition) is 1. The van der Waals surface area contributed by atoms with E-state index in [0.717, 1.165) is 0 Å². The van der Waals surface area contributed by atoms with E-state index < -0.39 is 52.9 Å². The van der Waals surface area contributed by atoms with Gasteiger partial charge in [0.25, 0.3) is 0 Å². The first kappa shape index (κ1) is 20.8. The number of benzene rings is 1. The highest BCUT2D eigenvalue weighted by Gasteiger charge is 2.75. The summed E-state index contributed by atoms with van der Waals surface area (Å²) >= 11 is 0. The van der Waals surface area contributed by atoms with Gasteiger partial charge in [0.15, 0.2) is 0 Å². The van der Waals surface area contributed by atoms with Gasteiger partial charge in [0.1, 0.15) is 5.76 Å². The van der Waals surface area contributed by atoms with Crippen molar-refractivity contribution in [2.75, 3.05) is 0 Å². The van der Waals surface area contributed by atoms with Crippen LogP contribution in [0.3, 0.4) is 0 Å². The van der Waals surface area contributed by atoms with E-state index in [9.17, 15) is 53.8 Å². The molecule has 0 aliphatic carbocycles. The maximum atomic E-state index is 13.1. The monoisotopic (exact) mass is 384 g/mol. The van der Waals surface area contributed by atoms with E-state index in [1.54, 1.807) is 0 Å². The first-order chi connectivity index (χ1) is 11.0. The summed E-state index contributed by atoms with van der Waals surface area (Å²) in [6, 6.07) is 1.74. The Morgan fingerprint density at radius 1 is 0.840 bits per heavy atom. The molecule has 0 heterocycles. The molecule has 0 fully saturated rings. The van der Waals surface area contributed by atoms with E-state index in [0.29, 0.717) is 24.3 Å². The molecule has 0 bridgehead atoms. The molecule has 0 amide bonds. The SMILES string of the molecule is O=C(/C=C(\O)c1ccc(C(F)(F)F)cc1)C(F)(F)C(F)(F)C(F)(F)F. The van der Waals surface area contributed by atoms with Crippen molar-refractivity contribution in [3.63, 3.8) is 0 Å². The number of aliphatic hydroxyl groups excluding tert-OH is 1. The van der Waals surface area contributed by atoms with Gasteiger partial charge in [0, 0.05) is 11.6 Å². The summed E-state index contributed by atoms with van der Waals surface area (Å²) in [7, 11) is 0. The molecule has 140 valence electrons. The van der Waals surface area contributed by atoms with E-state index in [4.69, 9.17) is 0 Å². The molecule has 0 unspecified atom stereocenters. The summed E-state index contributed by atoms with van der Waals surface area (Å²) < 4.78 is 124. The number of allylic oxidation sites excluding steroid dienone is 1. The number of hydrogen-bond acceptors (Lipinski definition) is 2. The van der Waals surface area contributed by atoms with Crippen LogP contribution in [0.2, 0.25) is 0 Å². The van der Waals surface area contributed by atoms with Crippen LogP contribution in [0.1, 0.15) is 11.1 Å². The van der Waals surface area contributed by atoms with Gasteiger partial charge in [-0.25, -0.2) is 0 Å². The van der Waals surface area contributed by atoms with Crippen molar-refractivity contribution >= 4 is 11.5 Å². The van der Waals surface area contributed by atoms with Gasteiger partial charge in [0.2, 0.25) is 5.78 Å². The Bertz CT molecular complexity index is 668. The molecule has 0 spiro atoms. The molecule has 1 aromatic rings. The number of aliphatic hydroxyl groups is 1. The second kappa shape index (κ2) is 6.23. The first-order valence-electron chi connectivity index (χ1n) is 5.97. The molecule has 0 atom stereocenters. The van der Waals surface area contributed by atoms with Crippen LogP contribution < -0.4 is 0 Å². The summed E-state index contributed by atoms with van der Waals surface area (Å²) in [5.41, 5.74) is -1.91. The fourth-order valence-electron chi connectivity index (χ4n) is 1.46. The third-order valence-corrected chi connectivity index (χ3v) is 2.84. The summed E-state index contributed by atoms with van der Waals surface area (Å²) in [6.45, 7) is 0. The first-order valence-corrected chi connectivity index (χ1v) is 5.97. The summed E-state index contributed by atoms with van der Waals surface area (Å²) in [4.78, 5) is 11.0. The smallest absolute Gasteiger partial charge is 0.460 e. The standard InChI is InChI=1S/C13H6F10O2/c14-10(15,12(19,20)13(21,22)23)9(25)5-8(24)6-1-3-7(4-2-6)11(16,17)18/h1-5,24H/b8-5-. The second-order valence-corrected chi connectivity index (χ2v) is 4.62. The van der Waals surface area contributed by atoms with Gasteiger partial charge in [0.05, 0.1) is 5.56 Å². The van der Waals surface area contributed by atoms with E-state index in [-0.39, 0.29) is 0 Å². The third-order valence-electron chi connectivity index (χ3n) is 2.84. The molecule has 0 saturated heterocycles. The Labute approximate surface area is 132 Å². The van der Waals surface area contributed by atoms with Gasteiger partial charge in [-0.1, -0.05) is 12.1 Å². The van der Waals surface area contributed by atoms with Crippen LogP contribution in [0, 0.1) is 0 Å². The zero-order chi connectivity index (χ0) is 19.8. The lowest BCUT2D eigenvalue weighted by atomic mass is 10.0. The van der Waals surface area contributed by atoms with Gasteiger partial charge in [-0.3, -0.25) is 4.79 Å². The molecule has 0 saturated carbocycles. The van der Waals surface area contributed by atoms with E-state index >= 15 is 0 Å². The summed E-state index contributed by atoms with van der Waals surface area (Å²) in [5, 5.41) is 9.32. The molecular formula is C13H6F10O2. The predicted molar refractivity (Wildman–Crippen MR) is 63.0 cm³/mol. The Morgan fingerprint density at radius 2 is 1.28 bits per heavy atom. The number of ketones is 1. The number of carbonyl (C=O) groups excluding carboxylic acids is 1. The van der Waals surface area contributed by atoms with Crippen molar-refractivity contribution in [3.8, 4) is 0 Å². The van der Waals surface area contributed by atoms with Crippen molar-refractivity contribution in [1.82, 2.24) is 0 Å². The molecule has 1 rings (SSSR count). The lowest BCUT2D eigenvalue weighted by molar-refractivity contribution is -0.342. The molecule has 0 radical (unpaired) electrons. The summed E-state index contributed by atoms with van der Waals surface area (Å²) in [6.07, 6.45) is -12.2.